The molecule has 0 radical (unpaired) electrons. The number of ether oxygens (including phenoxy) is 2. The van der Waals surface area contributed by atoms with Crippen molar-refractivity contribution in [2.45, 2.75) is 463 Å². The summed E-state index contributed by atoms with van der Waals surface area (Å²) in [6.07, 6.45) is 95.4. The third-order valence-electron chi connectivity index (χ3n) is 19.5. The fourth-order valence-electron chi connectivity index (χ4n) is 13.1. The van der Waals surface area contributed by atoms with Gasteiger partial charge < -0.3 is 18.9 Å². The molecule has 0 aromatic rings. The summed E-state index contributed by atoms with van der Waals surface area (Å²) in [6, 6.07) is 0. The first kappa shape index (κ1) is 91.8. The van der Waals surface area contributed by atoms with E-state index < -0.39 is 26.5 Å². The number of likely N-dealkylation sites (N-methyl/N-ethyl adjacent to an activating group) is 1. The van der Waals surface area contributed by atoms with Crippen LogP contribution in [0, 0.1) is 0 Å². The van der Waals surface area contributed by atoms with E-state index >= 15 is 0 Å². The highest BCUT2D eigenvalue weighted by Gasteiger charge is 2.27. The number of unbranched alkanes of at least 4 members (excludes halogenated alkanes) is 64. The van der Waals surface area contributed by atoms with Crippen molar-refractivity contribution in [1.29, 1.82) is 0 Å². The van der Waals surface area contributed by atoms with E-state index in [-0.39, 0.29) is 25.6 Å². The first-order valence-electron chi connectivity index (χ1n) is 41.9. The lowest BCUT2D eigenvalue weighted by atomic mass is 10.0. The number of allylic oxidation sites excluding steroid dienone is 2. The second-order valence-corrected chi connectivity index (χ2v) is 31.7. The van der Waals surface area contributed by atoms with Crippen molar-refractivity contribution in [3.05, 3.63) is 12.2 Å². The molecular weight excluding hydrogens is 1170 g/mol. The van der Waals surface area contributed by atoms with Gasteiger partial charge in [0, 0.05) is 12.8 Å². The van der Waals surface area contributed by atoms with E-state index in [2.05, 4.69) is 26.0 Å². The summed E-state index contributed by atoms with van der Waals surface area (Å²) in [5, 5.41) is 0. The standard InChI is InChI=1S/C83H164NO8P/c1-6-8-10-12-14-16-18-20-22-24-26-28-30-32-34-36-37-38-39-40-41-42-43-44-45-46-48-49-51-53-55-57-59-61-63-65-67-69-71-73-75-82(85)89-79-81(80-91-93(87,88)90-78-77-84(3,4)5)92-83(86)76-74-72-70-68-66-64-62-60-58-56-54-52-50-47-35-33-31-29-27-25-23-21-19-17-15-13-11-9-7-2/h25,27,81H,6-24,26,28-80H2,1-5H3/p+1/b27-25-. The lowest BCUT2D eigenvalue weighted by molar-refractivity contribution is -0.870. The summed E-state index contributed by atoms with van der Waals surface area (Å²) in [4.78, 5) is 36.0. The van der Waals surface area contributed by atoms with Gasteiger partial charge >= 0.3 is 19.8 Å². The first-order chi connectivity index (χ1) is 45.5. The summed E-state index contributed by atoms with van der Waals surface area (Å²) in [7, 11) is 1.51. The van der Waals surface area contributed by atoms with Crippen LogP contribution < -0.4 is 0 Å². The average molecular weight is 1340 g/mol. The Balaban J connectivity index is 3.84. The van der Waals surface area contributed by atoms with Crippen LogP contribution in [0.4, 0.5) is 0 Å². The predicted molar refractivity (Wildman–Crippen MR) is 405 cm³/mol. The molecule has 2 atom stereocenters. The van der Waals surface area contributed by atoms with Crippen LogP contribution in [0.25, 0.3) is 0 Å². The number of carbonyl (C=O) groups is 2. The minimum absolute atomic E-state index is 0.0367. The number of hydrogen-bond donors (Lipinski definition) is 1. The first-order valence-corrected chi connectivity index (χ1v) is 43.4. The molecule has 10 heteroatoms. The molecule has 0 aromatic carbocycles. The van der Waals surface area contributed by atoms with E-state index in [9.17, 15) is 19.0 Å². The van der Waals surface area contributed by atoms with Crippen molar-refractivity contribution in [2.75, 3.05) is 47.5 Å². The Hall–Kier alpha value is -1.25. The number of rotatable bonds is 80. The van der Waals surface area contributed by atoms with E-state index in [0.717, 1.165) is 38.5 Å². The number of phosphoric ester groups is 1. The summed E-state index contributed by atoms with van der Waals surface area (Å²) >= 11 is 0. The zero-order valence-corrected chi connectivity index (χ0v) is 64.4. The molecule has 554 valence electrons. The van der Waals surface area contributed by atoms with Crippen LogP contribution in [0.1, 0.15) is 457 Å². The molecule has 0 saturated heterocycles. The molecule has 0 aliphatic rings. The van der Waals surface area contributed by atoms with Gasteiger partial charge in [0.1, 0.15) is 19.8 Å². The zero-order chi connectivity index (χ0) is 67.6. The van der Waals surface area contributed by atoms with Gasteiger partial charge in [-0.15, -0.1) is 0 Å². The second-order valence-electron chi connectivity index (χ2n) is 30.2. The van der Waals surface area contributed by atoms with Crippen LogP contribution in [-0.2, 0) is 32.7 Å². The Kier molecular flexibility index (Phi) is 74.0. The Morgan fingerprint density at radius 3 is 0.796 bits per heavy atom. The maximum Gasteiger partial charge on any atom is 0.472 e. The quantitative estimate of drug-likeness (QED) is 0.0211. The van der Waals surface area contributed by atoms with Crippen LogP contribution in [0.15, 0.2) is 12.2 Å². The molecule has 1 N–H and O–H groups in total. The minimum Gasteiger partial charge on any atom is -0.462 e. The van der Waals surface area contributed by atoms with Crippen molar-refractivity contribution in [3.8, 4) is 0 Å². The van der Waals surface area contributed by atoms with Crippen LogP contribution in [0.5, 0.6) is 0 Å². The Labute approximate surface area is 581 Å². The Morgan fingerprint density at radius 2 is 0.548 bits per heavy atom. The molecule has 93 heavy (non-hydrogen) atoms. The highest BCUT2D eigenvalue weighted by atomic mass is 31.2. The molecule has 0 fully saturated rings. The molecule has 0 rings (SSSR count). The smallest absolute Gasteiger partial charge is 0.462 e. The van der Waals surface area contributed by atoms with E-state index in [1.54, 1.807) is 0 Å². The van der Waals surface area contributed by atoms with Crippen LogP contribution >= 0.6 is 7.82 Å². The van der Waals surface area contributed by atoms with Crippen molar-refractivity contribution in [3.63, 3.8) is 0 Å². The average Bonchev–Trinajstić information content (AvgIpc) is 2.61. The molecule has 0 saturated carbocycles. The molecule has 0 amide bonds. The fourth-order valence-corrected chi connectivity index (χ4v) is 13.9. The van der Waals surface area contributed by atoms with Crippen LogP contribution in [-0.4, -0.2) is 74.9 Å². The molecule has 0 aromatic heterocycles. The predicted octanol–water partition coefficient (Wildman–Crippen LogP) is 27.8. The summed E-state index contributed by atoms with van der Waals surface area (Å²) in [5.41, 5.74) is 0. The fraction of sp³-hybridized carbons (Fsp3) is 0.952. The van der Waals surface area contributed by atoms with Gasteiger partial charge in [0.25, 0.3) is 0 Å². The van der Waals surface area contributed by atoms with Gasteiger partial charge in [-0.1, -0.05) is 418 Å². The van der Waals surface area contributed by atoms with E-state index in [1.807, 2.05) is 21.1 Å². The highest BCUT2D eigenvalue weighted by molar-refractivity contribution is 7.47. The van der Waals surface area contributed by atoms with Gasteiger partial charge in [-0.2, -0.15) is 0 Å². The highest BCUT2D eigenvalue weighted by Crippen LogP contribution is 2.43. The number of phosphoric acid groups is 1. The maximum absolute atomic E-state index is 12.9. The topological polar surface area (TPSA) is 108 Å². The maximum atomic E-state index is 12.9. The summed E-state index contributed by atoms with van der Waals surface area (Å²) < 4.78 is 34.9. The third kappa shape index (κ3) is 79.6. The molecule has 0 spiro atoms. The molecule has 0 aliphatic carbocycles. The summed E-state index contributed by atoms with van der Waals surface area (Å²) in [6.45, 7) is 4.53. The van der Waals surface area contributed by atoms with E-state index in [4.69, 9.17) is 18.5 Å². The monoisotopic (exact) mass is 1340 g/mol. The lowest BCUT2D eigenvalue weighted by Crippen LogP contribution is -2.37. The second kappa shape index (κ2) is 75.0. The van der Waals surface area contributed by atoms with Gasteiger partial charge in [0.2, 0.25) is 0 Å². The number of carbonyl (C=O) groups excluding carboxylic acids is 2. The molecule has 0 heterocycles. The van der Waals surface area contributed by atoms with Gasteiger partial charge in [-0.05, 0) is 38.5 Å². The minimum atomic E-state index is -4.39. The van der Waals surface area contributed by atoms with Crippen molar-refractivity contribution < 1.29 is 42.1 Å². The molecular formula is C83H165NO8P+. The lowest BCUT2D eigenvalue weighted by Gasteiger charge is -2.24. The van der Waals surface area contributed by atoms with Gasteiger partial charge in [0.15, 0.2) is 6.10 Å². The largest absolute Gasteiger partial charge is 0.472 e. The van der Waals surface area contributed by atoms with E-state index in [0.29, 0.717) is 17.4 Å². The van der Waals surface area contributed by atoms with Crippen molar-refractivity contribution >= 4 is 19.8 Å². The van der Waals surface area contributed by atoms with Gasteiger partial charge in [0.05, 0.1) is 27.7 Å². The number of quaternary nitrogens is 1. The van der Waals surface area contributed by atoms with E-state index in [1.165, 1.54) is 392 Å². The molecule has 9 nitrogen and oxygen atoms in total. The third-order valence-corrected chi connectivity index (χ3v) is 20.5. The normalized spacial score (nSPS) is 13.0. The molecule has 2 unspecified atom stereocenters. The molecule has 0 bridgehead atoms. The SMILES string of the molecule is CCCCCCCCCC/C=C\CCCCCCCCCCCCCCCCCCCC(=O)OC(COC(=O)CCCCCCCCCCCCCCCCCCCCCCCCCCCCCCCCCCCCCCCCCC)COP(=O)(O)OCC[N+](C)(C)C. The number of esters is 2. The number of nitrogens with zero attached hydrogens (tertiary/aromatic N) is 1. The van der Waals surface area contributed by atoms with Gasteiger partial charge in [-0.3, -0.25) is 18.6 Å². The van der Waals surface area contributed by atoms with Crippen molar-refractivity contribution in [1.82, 2.24) is 0 Å². The number of hydrogen-bond acceptors (Lipinski definition) is 7. The molecule has 0 aliphatic heterocycles. The Bertz CT molecular complexity index is 1570. The summed E-state index contributed by atoms with van der Waals surface area (Å²) in [5.74, 6) is -0.767. The van der Waals surface area contributed by atoms with Crippen LogP contribution in [0.3, 0.4) is 0 Å². The van der Waals surface area contributed by atoms with Crippen LogP contribution in [0.2, 0.25) is 0 Å². The zero-order valence-electron chi connectivity index (χ0n) is 63.6. The van der Waals surface area contributed by atoms with Gasteiger partial charge in [-0.25, -0.2) is 4.57 Å². The van der Waals surface area contributed by atoms with Crippen molar-refractivity contribution in [2.24, 2.45) is 0 Å². The Morgan fingerprint density at radius 1 is 0.323 bits per heavy atom.